The summed E-state index contributed by atoms with van der Waals surface area (Å²) in [6.07, 6.45) is 4.45. The predicted octanol–water partition coefficient (Wildman–Crippen LogP) is 3.02. The topological polar surface area (TPSA) is 66.5 Å². The Morgan fingerprint density at radius 2 is 2.14 bits per heavy atom. The van der Waals surface area contributed by atoms with E-state index in [1.165, 1.54) is 24.2 Å². The maximum Gasteiger partial charge on any atom is 0.317 e. The molecule has 0 aromatic carbocycles. The molecule has 0 unspecified atom stereocenters. The Kier molecular flexibility index (Phi) is 5.86. The summed E-state index contributed by atoms with van der Waals surface area (Å²) >= 11 is 1.24. The molecule has 0 radical (unpaired) electrons. The first-order valence-corrected chi connectivity index (χ1v) is 10.3. The largest absolute Gasteiger partial charge is 0.333 e. The van der Waals surface area contributed by atoms with Gasteiger partial charge in [-0.05, 0) is 31.9 Å². The fourth-order valence-electron chi connectivity index (χ4n) is 2.60. The quantitative estimate of drug-likeness (QED) is 0.913. The van der Waals surface area contributed by atoms with Crippen LogP contribution in [0.5, 0.6) is 0 Å². The second-order valence-corrected chi connectivity index (χ2v) is 9.35. The molecule has 1 atom stereocenters. The van der Waals surface area contributed by atoms with E-state index in [-0.39, 0.29) is 17.8 Å². The van der Waals surface area contributed by atoms with E-state index >= 15 is 0 Å². The number of carbonyl (C=O) groups is 1. The molecular weight excluding hydrogens is 320 g/mol. The molecule has 0 spiro atoms. The second-order valence-electron chi connectivity index (χ2n) is 5.67. The number of hydrogen-bond acceptors (Lipinski definition) is 4. The Bertz CT molecular complexity index is 610. The molecule has 1 aliphatic rings. The first kappa shape index (κ1) is 17.3. The average molecular weight is 345 g/mol. The summed E-state index contributed by atoms with van der Waals surface area (Å²) in [6, 6.07) is 3.61. The van der Waals surface area contributed by atoms with Crippen molar-refractivity contribution in [1.82, 2.24) is 10.2 Å². The molecular formula is C15H24N2O3S2. The van der Waals surface area contributed by atoms with E-state index in [0.717, 1.165) is 24.3 Å². The minimum atomic E-state index is -3.15. The van der Waals surface area contributed by atoms with Gasteiger partial charge in [0.25, 0.3) is 0 Å². The highest BCUT2D eigenvalue weighted by molar-refractivity contribution is 7.93. The third kappa shape index (κ3) is 4.23. The van der Waals surface area contributed by atoms with E-state index in [2.05, 4.69) is 12.2 Å². The van der Waals surface area contributed by atoms with E-state index in [4.69, 9.17) is 0 Å². The molecule has 0 aliphatic carbocycles. The number of sulfone groups is 1. The van der Waals surface area contributed by atoms with Gasteiger partial charge in [-0.3, -0.25) is 0 Å². The first-order valence-electron chi connectivity index (χ1n) is 7.80. The molecule has 5 nitrogen and oxygen atoms in total. The fraction of sp³-hybridized carbons (Fsp3) is 0.667. The molecule has 7 heteroatoms. The molecule has 1 fully saturated rings. The molecule has 22 heavy (non-hydrogen) atoms. The van der Waals surface area contributed by atoms with Gasteiger partial charge in [0.1, 0.15) is 4.21 Å². The van der Waals surface area contributed by atoms with Crippen LogP contribution in [0.4, 0.5) is 4.79 Å². The minimum absolute atomic E-state index is 0.0531. The average Bonchev–Trinajstić information content (AvgIpc) is 2.88. The Labute approximate surface area is 136 Å². The summed E-state index contributed by atoms with van der Waals surface area (Å²) in [6.45, 7) is 4.90. The van der Waals surface area contributed by atoms with E-state index < -0.39 is 9.84 Å². The van der Waals surface area contributed by atoms with E-state index in [9.17, 15) is 13.2 Å². The van der Waals surface area contributed by atoms with Crippen molar-refractivity contribution in [2.75, 3.05) is 12.3 Å². The summed E-state index contributed by atoms with van der Waals surface area (Å²) in [5, 5.41) is 2.91. The van der Waals surface area contributed by atoms with Crippen LogP contribution in [-0.2, 0) is 16.4 Å². The Morgan fingerprint density at radius 3 is 2.86 bits per heavy atom. The van der Waals surface area contributed by atoms with Gasteiger partial charge < -0.3 is 10.2 Å². The zero-order valence-corrected chi connectivity index (χ0v) is 14.8. The van der Waals surface area contributed by atoms with Crippen LogP contribution in [0.3, 0.4) is 0 Å². The van der Waals surface area contributed by atoms with Crippen LogP contribution >= 0.6 is 11.3 Å². The van der Waals surface area contributed by atoms with Crippen LogP contribution in [0.2, 0.25) is 0 Å². The van der Waals surface area contributed by atoms with Gasteiger partial charge in [0, 0.05) is 17.5 Å². The summed E-state index contributed by atoms with van der Waals surface area (Å²) in [5.41, 5.74) is 0. The lowest BCUT2D eigenvalue weighted by Gasteiger charge is -2.27. The first-order chi connectivity index (χ1) is 10.4. The highest BCUT2D eigenvalue weighted by atomic mass is 32.2. The van der Waals surface area contributed by atoms with Crippen LogP contribution < -0.4 is 5.32 Å². The molecule has 1 aromatic heterocycles. The summed E-state index contributed by atoms with van der Waals surface area (Å²) in [7, 11) is -3.15. The zero-order chi connectivity index (χ0) is 16.2. The molecule has 1 saturated heterocycles. The molecule has 2 rings (SSSR count). The number of carbonyl (C=O) groups excluding carboxylic acids is 1. The van der Waals surface area contributed by atoms with Gasteiger partial charge in [-0.25, -0.2) is 13.2 Å². The van der Waals surface area contributed by atoms with Gasteiger partial charge in [-0.15, -0.1) is 11.3 Å². The maximum atomic E-state index is 12.3. The Morgan fingerprint density at radius 1 is 1.36 bits per heavy atom. The molecule has 1 aliphatic heterocycles. The van der Waals surface area contributed by atoms with Crippen molar-refractivity contribution in [3.8, 4) is 0 Å². The molecule has 124 valence electrons. The number of amides is 2. The third-order valence-electron chi connectivity index (χ3n) is 4.05. The normalized spacial score (nSPS) is 19.7. The summed E-state index contributed by atoms with van der Waals surface area (Å²) in [4.78, 5) is 15.1. The number of rotatable bonds is 4. The predicted molar refractivity (Wildman–Crippen MR) is 88.9 cm³/mol. The van der Waals surface area contributed by atoms with Crippen LogP contribution in [0.1, 0.15) is 44.4 Å². The standard InChI is InChI=1S/C15H24N2O3S2/c1-3-22(19,20)14-9-8-13(21-14)11-16-15(18)17-10-6-4-5-7-12(17)2/h8-9,12H,3-7,10-11H2,1-2H3,(H,16,18)/t12-/m0/s1. The number of hydrogen-bond donors (Lipinski definition) is 1. The van der Waals surface area contributed by atoms with Crippen molar-refractivity contribution in [2.45, 2.75) is 56.3 Å². The molecule has 2 heterocycles. The number of nitrogens with zero attached hydrogens (tertiary/aromatic N) is 1. The van der Waals surface area contributed by atoms with Gasteiger partial charge in [0.05, 0.1) is 12.3 Å². The lowest BCUT2D eigenvalue weighted by Crippen LogP contribution is -2.44. The van der Waals surface area contributed by atoms with E-state index in [1.54, 1.807) is 19.1 Å². The molecule has 2 amide bonds. The Hall–Kier alpha value is -1.08. The molecule has 0 bridgehead atoms. The van der Waals surface area contributed by atoms with Crippen LogP contribution in [0.25, 0.3) is 0 Å². The number of likely N-dealkylation sites (tertiary alicyclic amines) is 1. The summed E-state index contributed by atoms with van der Waals surface area (Å²) < 4.78 is 24.0. The van der Waals surface area contributed by atoms with Crippen molar-refractivity contribution in [3.05, 3.63) is 17.0 Å². The van der Waals surface area contributed by atoms with E-state index in [0.29, 0.717) is 10.8 Å². The lowest BCUT2D eigenvalue weighted by molar-refractivity contribution is 0.180. The van der Waals surface area contributed by atoms with Crippen LogP contribution in [0, 0.1) is 0 Å². The SMILES string of the molecule is CCS(=O)(=O)c1ccc(CNC(=O)N2CCCCC[C@@H]2C)s1. The van der Waals surface area contributed by atoms with Crippen molar-refractivity contribution in [3.63, 3.8) is 0 Å². The summed E-state index contributed by atoms with van der Waals surface area (Å²) in [5.74, 6) is 0.102. The highest BCUT2D eigenvalue weighted by Crippen LogP contribution is 2.23. The van der Waals surface area contributed by atoms with Gasteiger partial charge in [-0.2, -0.15) is 0 Å². The molecule has 0 saturated carbocycles. The fourth-order valence-corrected chi connectivity index (χ4v) is 5.02. The third-order valence-corrected chi connectivity index (χ3v) is 7.45. The number of nitrogens with one attached hydrogen (secondary N) is 1. The van der Waals surface area contributed by atoms with Crippen molar-refractivity contribution in [2.24, 2.45) is 0 Å². The van der Waals surface area contributed by atoms with Crippen molar-refractivity contribution in [1.29, 1.82) is 0 Å². The second kappa shape index (κ2) is 7.46. The van der Waals surface area contributed by atoms with Crippen molar-refractivity contribution >= 4 is 27.2 Å². The lowest BCUT2D eigenvalue weighted by atomic mass is 10.1. The smallest absolute Gasteiger partial charge is 0.317 e. The molecule has 1 aromatic rings. The maximum absolute atomic E-state index is 12.3. The zero-order valence-electron chi connectivity index (χ0n) is 13.2. The number of thiophene rings is 1. The van der Waals surface area contributed by atoms with Gasteiger partial charge in [0.15, 0.2) is 9.84 Å². The Balaban J connectivity index is 1.93. The monoisotopic (exact) mass is 344 g/mol. The number of urea groups is 1. The van der Waals surface area contributed by atoms with Gasteiger partial charge in [-0.1, -0.05) is 19.8 Å². The van der Waals surface area contributed by atoms with Gasteiger partial charge in [0.2, 0.25) is 0 Å². The minimum Gasteiger partial charge on any atom is -0.333 e. The van der Waals surface area contributed by atoms with Gasteiger partial charge >= 0.3 is 6.03 Å². The van der Waals surface area contributed by atoms with Crippen LogP contribution in [-0.4, -0.2) is 37.7 Å². The van der Waals surface area contributed by atoms with Crippen LogP contribution in [0.15, 0.2) is 16.3 Å². The molecule has 1 N–H and O–H groups in total. The van der Waals surface area contributed by atoms with Crippen molar-refractivity contribution < 1.29 is 13.2 Å². The van der Waals surface area contributed by atoms with E-state index in [1.807, 2.05) is 4.90 Å². The highest BCUT2D eigenvalue weighted by Gasteiger charge is 2.22.